The summed E-state index contributed by atoms with van der Waals surface area (Å²) in [6.07, 6.45) is 0.654. The smallest absolute Gasteiger partial charge is 0.260 e. The molecule has 6 nitrogen and oxygen atoms in total. The number of carbonyl (C=O) groups is 1. The van der Waals surface area contributed by atoms with Gasteiger partial charge in [0.2, 0.25) is 5.95 Å². The minimum atomic E-state index is -0.665. The van der Waals surface area contributed by atoms with Crippen molar-refractivity contribution < 1.29 is 9.53 Å². The molecule has 1 aromatic heterocycles. The molecule has 2 N–H and O–H groups in total. The Bertz CT molecular complexity index is 469. The number of methoxy groups -OCH3 is 1. The molecule has 6 heteroatoms. The number of rotatable bonds is 4. The number of amides is 1. The van der Waals surface area contributed by atoms with Crippen LogP contribution in [0.1, 0.15) is 11.7 Å². The van der Waals surface area contributed by atoms with Crippen LogP contribution >= 0.6 is 0 Å². The van der Waals surface area contributed by atoms with Crippen LogP contribution in [-0.2, 0) is 9.53 Å². The van der Waals surface area contributed by atoms with Crippen LogP contribution in [0, 0.1) is 0 Å². The van der Waals surface area contributed by atoms with Gasteiger partial charge in [0.15, 0.2) is 6.10 Å². The first-order valence-corrected chi connectivity index (χ1v) is 5.05. The zero-order chi connectivity index (χ0) is 12.1. The highest BCUT2D eigenvalue weighted by atomic mass is 16.5. The maximum atomic E-state index is 11.9. The van der Waals surface area contributed by atoms with E-state index >= 15 is 0 Å². The molecule has 0 saturated heterocycles. The Kier molecular flexibility index (Phi) is 3.46. The van der Waals surface area contributed by atoms with Crippen molar-refractivity contribution in [1.29, 1.82) is 0 Å². The Hall–Kier alpha value is -2.21. The molecule has 0 aliphatic heterocycles. The van der Waals surface area contributed by atoms with Crippen LogP contribution in [0.25, 0.3) is 0 Å². The molecule has 0 spiro atoms. The summed E-state index contributed by atoms with van der Waals surface area (Å²) in [5, 5.41) is 8.77. The molecule has 1 atom stereocenters. The molecule has 1 aromatic carbocycles. The van der Waals surface area contributed by atoms with Gasteiger partial charge >= 0.3 is 0 Å². The number of nitrogens with zero attached hydrogens (tertiary/aromatic N) is 2. The van der Waals surface area contributed by atoms with Crippen molar-refractivity contribution in [2.24, 2.45) is 0 Å². The summed E-state index contributed by atoms with van der Waals surface area (Å²) >= 11 is 0. The molecule has 0 radical (unpaired) electrons. The third-order valence-corrected chi connectivity index (χ3v) is 2.23. The van der Waals surface area contributed by atoms with Crippen LogP contribution in [0.15, 0.2) is 36.7 Å². The highest BCUT2D eigenvalue weighted by Crippen LogP contribution is 2.17. The summed E-state index contributed by atoms with van der Waals surface area (Å²) in [5.74, 6) is 0.00318. The number of ether oxygens (including phenoxy) is 1. The SMILES string of the molecule is CO[C@@H](C(=O)Nc1ncn[nH]1)c1ccccc1. The van der Waals surface area contributed by atoms with Crippen LogP contribution in [0.5, 0.6) is 0 Å². The molecule has 0 fully saturated rings. The van der Waals surface area contributed by atoms with Crippen molar-refractivity contribution in [3.05, 3.63) is 42.2 Å². The van der Waals surface area contributed by atoms with Gasteiger partial charge < -0.3 is 4.74 Å². The molecule has 1 heterocycles. The first-order valence-electron chi connectivity index (χ1n) is 5.05. The van der Waals surface area contributed by atoms with Crippen molar-refractivity contribution in [3.8, 4) is 0 Å². The van der Waals surface area contributed by atoms with Gasteiger partial charge in [0.1, 0.15) is 6.33 Å². The highest BCUT2D eigenvalue weighted by molar-refractivity contribution is 5.93. The third kappa shape index (κ3) is 2.67. The summed E-state index contributed by atoms with van der Waals surface area (Å²) < 4.78 is 5.17. The van der Waals surface area contributed by atoms with Gasteiger partial charge in [-0.05, 0) is 5.56 Å². The number of H-pyrrole nitrogens is 1. The summed E-state index contributed by atoms with van der Waals surface area (Å²) in [6.45, 7) is 0. The van der Waals surface area contributed by atoms with Crippen LogP contribution in [-0.4, -0.2) is 28.2 Å². The van der Waals surface area contributed by atoms with E-state index in [1.807, 2.05) is 30.3 Å². The minimum Gasteiger partial charge on any atom is -0.367 e. The molecule has 0 aliphatic rings. The first kappa shape index (κ1) is 11.3. The van der Waals surface area contributed by atoms with Crippen LogP contribution < -0.4 is 5.32 Å². The number of aromatic nitrogens is 3. The van der Waals surface area contributed by atoms with Gasteiger partial charge in [-0.15, -0.1) is 0 Å². The summed E-state index contributed by atoms with van der Waals surface area (Å²) in [4.78, 5) is 15.7. The van der Waals surface area contributed by atoms with Crippen molar-refractivity contribution in [1.82, 2.24) is 15.2 Å². The van der Waals surface area contributed by atoms with Gasteiger partial charge in [0.25, 0.3) is 5.91 Å². The van der Waals surface area contributed by atoms with Gasteiger partial charge in [-0.1, -0.05) is 30.3 Å². The second kappa shape index (κ2) is 5.22. The number of benzene rings is 1. The number of carbonyl (C=O) groups excluding carboxylic acids is 1. The topological polar surface area (TPSA) is 79.9 Å². The predicted octanol–water partition coefficient (Wildman–Crippen LogP) is 1.13. The zero-order valence-corrected chi connectivity index (χ0v) is 9.25. The molecule has 2 rings (SSSR count). The Morgan fingerprint density at radius 1 is 1.41 bits per heavy atom. The maximum Gasteiger partial charge on any atom is 0.260 e. The van der Waals surface area contributed by atoms with E-state index in [9.17, 15) is 4.79 Å². The molecular formula is C11H12N4O2. The van der Waals surface area contributed by atoms with Crippen molar-refractivity contribution in [2.75, 3.05) is 12.4 Å². The van der Waals surface area contributed by atoms with E-state index in [4.69, 9.17) is 4.74 Å². The number of nitrogens with one attached hydrogen (secondary N) is 2. The zero-order valence-electron chi connectivity index (χ0n) is 9.25. The summed E-state index contributed by atoms with van der Waals surface area (Å²) in [7, 11) is 1.48. The summed E-state index contributed by atoms with van der Waals surface area (Å²) in [5.41, 5.74) is 0.784. The van der Waals surface area contributed by atoms with E-state index in [0.717, 1.165) is 5.56 Å². The molecule has 0 bridgehead atoms. The average molecular weight is 232 g/mol. The molecule has 88 valence electrons. The average Bonchev–Trinajstić information content (AvgIpc) is 2.84. The molecule has 0 saturated carbocycles. The van der Waals surface area contributed by atoms with Crippen molar-refractivity contribution in [3.63, 3.8) is 0 Å². The summed E-state index contributed by atoms with van der Waals surface area (Å²) in [6, 6.07) is 9.24. The molecule has 17 heavy (non-hydrogen) atoms. The van der Waals surface area contributed by atoms with Crippen molar-refractivity contribution in [2.45, 2.75) is 6.10 Å². The Labute approximate surface area is 98.0 Å². The lowest BCUT2D eigenvalue weighted by Crippen LogP contribution is -2.23. The Balaban J connectivity index is 2.11. The van der Waals surface area contributed by atoms with E-state index in [1.165, 1.54) is 13.4 Å². The van der Waals surface area contributed by atoms with E-state index in [2.05, 4.69) is 20.5 Å². The van der Waals surface area contributed by atoms with Gasteiger partial charge in [-0.2, -0.15) is 10.1 Å². The molecule has 0 aliphatic carbocycles. The van der Waals surface area contributed by atoms with Crippen LogP contribution in [0.2, 0.25) is 0 Å². The number of aromatic amines is 1. The van der Waals surface area contributed by atoms with Crippen molar-refractivity contribution >= 4 is 11.9 Å². The van der Waals surface area contributed by atoms with Gasteiger partial charge in [-0.25, -0.2) is 5.10 Å². The third-order valence-electron chi connectivity index (χ3n) is 2.23. The quantitative estimate of drug-likeness (QED) is 0.828. The predicted molar refractivity (Wildman–Crippen MR) is 61.2 cm³/mol. The largest absolute Gasteiger partial charge is 0.367 e. The maximum absolute atomic E-state index is 11.9. The van der Waals surface area contributed by atoms with Gasteiger partial charge in [-0.3, -0.25) is 10.1 Å². The van der Waals surface area contributed by atoms with Crippen LogP contribution in [0.4, 0.5) is 5.95 Å². The van der Waals surface area contributed by atoms with Gasteiger partial charge in [0, 0.05) is 7.11 Å². The second-order valence-electron chi connectivity index (χ2n) is 3.35. The molecule has 2 aromatic rings. The van der Waals surface area contributed by atoms with E-state index in [0.29, 0.717) is 5.95 Å². The Morgan fingerprint density at radius 2 is 2.18 bits per heavy atom. The Morgan fingerprint density at radius 3 is 2.76 bits per heavy atom. The lowest BCUT2D eigenvalue weighted by atomic mass is 10.1. The number of anilines is 1. The van der Waals surface area contributed by atoms with Gasteiger partial charge in [0.05, 0.1) is 0 Å². The highest BCUT2D eigenvalue weighted by Gasteiger charge is 2.20. The molecule has 1 amide bonds. The second-order valence-corrected chi connectivity index (χ2v) is 3.35. The fourth-order valence-corrected chi connectivity index (χ4v) is 1.47. The number of hydrogen-bond donors (Lipinski definition) is 2. The molecule has 0 unspecified atom stereocenters. The minimum absolute atomic E-state index is 0.296. The van der Waals surface area contributed by atoms with Crippen LogP contribution in [0.3, 0.4) is 0 Å². The first-order chi connectivity index (χ1) is 8.31. The monoisotopic (exact) mass is 232 g/mol. The fourth-order valence-electron chi connectivity index (χ4n) is 1.47. The standard InChI is InChI=1S/C11H12N4O2/c1-17-9(8-5-3-2-4-6-8)10(16)14-11-12-7-13-15-11/h2-7,9H,1H3,(H2,12,13,14,15,16)/t9-/m1/s1. The van der Waals surface area contributed by atoms with E-state index in [-0.39, 0.29) is 5.91 Å². The number of hydrogen-bond acceptors (Lipinski definition) is 4. The van der Waals surface area contributed by atoms with E-state index < -0.39 is 6.10 Å². The molecular weight excluding hydrogens is 220 g/mol. The normalized spacial score (nSPS) is 12.1. The van der Waals surface area contributed by atoms with E-state index in [1.54, 1.807) is 0 Å². The lowest BCUT2D eigenvalue weighted by molar-refractivity contribution is -0.126. The lowest BCUT2D eigenvalue weighted by Gasteiger charge is -2.14. The fraction of sp³-hybridized carbons (Fsp3) is 0.182.